The van der Waals surface area contributed by atoms with Crippen LogP contribution < -0.4 is 15.4 Å². The lowest BCUT2D eigenvalue weighted by Crippen LogP contribution is -2.30. The molecule has 5 nitrogen and oxygen atoms in total. The zero-order chi connectivity index (χ0) is 17.5. The Bertz CT molecular complexity index is 771. The third-order valence-corrected chi connectivity index (χ3v) is 4.19. The van der Waals surface area contributed by atoms with Gasteiger partial charge in [0.2, 0.25) is 5.91 Å². The molecular weight excluding hydrogens is 370 g/mol. The monoisotopic (exact) mass is 387 g/mol. The van der Waals surface area contributed by atoms with Crippen LogP contribution in [0.3, 0.4) is 0 Å². The summed E-state index contributed by atoms with van der Waals surface area (Å²) in [5.74, 6) is 0.564. The number of hydrogen-bond acceptors (Lipinski definition) is 4. The highest BCUT2D eigenvalue weighted by Crippen LogP contribution is 2.27. The van der Waals surface area contributed by atoms with Crippen LogP contribution in [0.2, 0.25) is 0 Å². The minimum Gasteiger partial charge on any atom is -0.496 e. The Kier molecular flexibility index (Phi) is 6.36. The van der Waals surface area contributed by atoms with Gasteiger partial charge in [-0.25, -0.2) is 0 Å². The van der Waals surface area contributed by atoms with Crippen LogP contribution in [-0.2, 0) is 4.79 Å². The summed E-state index contributed by atoms with van der Waals surface area (Å²) in [7, 11) is 1.62. The summed E-state index contributed by atoms with van der Waals surface area (Å²) in [5.41, 5.74) is 2.00. The third-order valence-electron chi connectivity index (χ3n) is 3.57. The highest BCUT2D eigenvalue weighted by Gasteiger charge is 2.11. The van der Waals surface area contributed by atoms with E-state index in [1.807, 2.05) is 25.1 Å². The summed E-state index contributed by atoms with van der Waals surface area (Å²) < 4.78 is 6.07. The van der Waals surface area contributed by atoms with E-state index in [1.54, 1.807) is 31.4 Å². The number of methoxy groups -OCH3 is 1. The largest absolute Gasteiger partial charge is 0.496 e. The number of amides is 1. The van der Waals surface area contributed by atoms with Crippen LogP contribution in [-0.4, -0.2) is 19.6 Å². The summed E-state index contributed by atoms with van der Waals surface area (Å²) >= 11 is 3.45. The average molecular weight is 388 g/mol. The number of nitriles is 1. The molecule has 0 aliphatic carbocycles. The minimum absolute atomic E-state index is 0.0100. The number of para-hydroxylation sites is 1. The molecule has 2 N–H and O–H groups in total. The molecule has 0 saturated carbocycles. The van der Waals surface area contributed by atoms with Gasteiger partial charge < -0.3 is 15.4 Å². The number of benzene rings is 2. The lowest BCUT2D eigenvalue weighted by atomic mass is 10.1. The van der Waals surface area contributed by atoms with Gasteiger partial charge in [0.15, 0.2) is 0 Å². The molecule has 2 aromatic carbocycles. The van der Waals surface area contributed by atoms with E-state index < -0.39 is 0 Å². The van der Waals surface area contributed by atoms with Gasteiger partial charge in [-0.15, -0.1) is 0 Å². The van der Waals surface area contributed by atoms with Crippen molar-refractivity contribution in [2.45, 2.75) is 13.0 Å². The van der Waals surface area contributed by atoms with Crippen LogP contribution in [0.1, 0.15) is 24.1 Å². The number of carbonyl (C=O) groups excluding carboxylic acids is 1. The van der Waals surface area contributed by atoms with E-state index in [0.29, 0.717) is 11.3 Å². The predicted octanol–water partition coefficient (Wildman–Crippen LogP) is 3.62. The van der Waals surface area contributed by atoms with Crippen molar-refractivity contribution >= 4 is 27.5 Å². The summed E-state index contributed by atoms with van der Waals surface area (Å²) in [6.45, 7) is 2.12. The fraction of sp³-hybridized carbons (Fsp3) is 0.222. The van der Waals surface area contributed by atoms with Crippen LogP contribution in [0, 0.1) is 11.3 Å². The first-order valence-electron chi connectivity index (χ1n) is 7.41. The number of halogens is 1. The van der Waals surface area contributed by atoms with Gasteiger partial charge in [-0.2, -0.15) is 5.26 Å². The van der Waals surface area contributed by atoms with Gasteiger partial charge in [-0.3, -0.25) is 4.79 Å². The van der Waals surface area contributed by atoms with Crippen LogP contribution in [0.5, 0.6) is 5.75 Å². The molecule has 0 aliphatic heterocycles. The Hall–Kier alpha value is -2.36. The molecule has 0 radical (unpaired) electrons. The van der Waals surface area contributed by atoms with E-state index in [1.165, 1.54) is 0 Å². The molecular formula is C18H18BrN3O2. The standard InChI is InChI=1S/C18H18BrN3O2/c1-12(13-7-8-17(24-2)15(19)9-13)21-11-18(23)22-16-6-4-3-5-14(16)10-20/h3-9,12,21H,11H2,1-2H3,(H,22,23)/t12-/m1/s1. The number of anilines is 1. The first-order chi connectivity index (χ1) is 11.5. The Labute approximate surface area is 149 Å². The maximum Gasteiger partial charge on any atom is 0.238 e. The first kappa shape index (κ1) is 18.0. The highest BCUT2D eigenvalue weighted by atomic mass is 79.9. The molecule has 124 valence electrons. The van der Waals surface area contributed by atoms with E-state index in [0.717, 1.165) is 15.8 Å². The fourth-order valence-electron chi connectivity index (χ4n) is 2.20. The Morgan fingerprint density at radius 3 is 2.75 bits per heavy atom. The Morgan fingerprint density at radius 2 is 2.08 bits per heavy atom. The van der Waals surface area contributed by atoms with Gasteiger partial charge in [0, 0.05) is 6.04 Å². The topological polar surface area (TPSA) is 74.2 Å². The molecule has 1 atom stereocenters. The third kappa shape index (κ3) is 4.57. The van der Waals surface area contributed by atoms with E-state index >= 15 is 0 Å². The molecule has 0 bridgehead atoms. The quantitative estimate of drug-likeness (QED) is 0.793. The summed E-state index contributed by atoms with van der Waals surface area (Å²) in [6, 6.07) is 14.7. The maximum atomic E-state index is 12.1. The fourth-order valence-corrected chi connectivity index (χ4v) is 2.76. The smallest absolute Gasteiger partial charge is 0.238 e. The summed E-state index contributed by atoms with van der Waals surface area (Å²) in [4.78, 5) is 12.1. The highest BCUT2D eigenvalue weighted by molar-refractivity contribution is 9.10. The van der Waals surface area contributed by atoms with Crippen LogP contribution in [0.15, 0.2) is 46.9 Å². The van der Waals surface area contributed by atoms with Crippen molar-refractivity contribution in [1.82, 2.24) is 5.32 Å². The number of hydrogen-bond donors (Lipinski definition) is 2. The molecule has 24 heavy (non-hydrogen) atoms. The van der Waals surface area contributed by atoms with Gasteiger partial charge in [0.1, 0.15) is 11.8 Å². The molecule has 1 amide bonds. The van der Waals surface area contributed by atoms with Gasteiger partial charge >= 0.3 is 0 Å². The number of nitrogens with one attached hydrogen (secondary N) is 2. The predicted molar refractivity (Wildman–Crippen MR) is 96.9 cm³/mol. The first-order valence-corrected chi connectivity index (χ1v) is 8.20. The van der Waals surface area contributed by atoms with Crippen molar-refractivity contribution < 1.29 is 9.53 Å². The van der Waals surface area contributed by atoms with Gasteiger partial charge in [-0.05, 0) is 52.7 Å². The van der Waals surface area contributed by atoms with Gasteiger partial charge in [-0.1, -0.05) is 18.2 Å². The molecule has 2 aromatic rings. The molecule has 0 fully saturated rings. The van der Waals surface area contributed by atoms with E-state index in [-0.39, 0.29) is 18.5 Å². The van der Waals surface area contributed by atoms with Gasteiger partial charge in [0.05, 0.1) is 29.4 Å². The van der Waals surface area contributed by atoms with Crippen molar-refractivity contribution in [3.63, 3.8) is 0 Å². The molecule has 0 saturated heterocycles. The lowest BCUT2D eigenvalue weighted by molar-refractivity contribution is -0.115. The molecule has 6 heteroatoms. The minimum atomic E-state index is -0.197. The van der Waals surface area contributed by atoms with E-state index in [9.17, 15) is 4.79 Å². The number of ether oxygens (including phenoxy) is 1. The second kappa shape index (κ2) is 8.48. The molecule has 0 aliphatic rings. The molecule has 2 rings (SSSR count). The Morgan fingerprint density at radius 1 is 1.33 bits per heavy atom. The normalized spacial score (nSPS) is 11.4. The molecule has 0 heterocycles. The van der Waals surface area contributed by atoms with Crippen LogP contribution >= 0.6 is 15.9 Å². The Balaban J connectivity index is 1.94. The van der Waals surface area contributed by atoms with E-state index in [2.05, 4.69) is 32.6 Å². The van der Waals surface area contributed by atoms with Crippen LogP contribution in [0.4, 0.5) is 5.69 Å². The SMILES string of the molecule is COc1ccc([C@@H](C)NCC(=O)Nc2ccccc2C#N)cc1Br. The lowest BCUT2D eigenvalue weighted by Gasteiger charge is -2.15. The zero-order valence-corrected chi connectivity index (χ0v) is 15.1. The summed E-state index contributed by atoms with van der Waals surface area (Å²) in [5, 5.41) is 14.9. The number of carbonyl (C=O) groups is 1. The van der Waals surface area contributed by atoms with Crippen molar-refractivity contribution in [2.24, 2.45) is 0 Å². The molecule has 0 unspecified atom stereocenters. The van der Waals surface area contributed by atoms with Gasteiger partial charge in [0.25, 0.3) is 0 Å². The summed E-state index contributed by atoms with van der Waals surface area (Å²) in [6.07, 6.45) is 0. The average Bonchev–Trinajstić information content (AvgIpc) is 2.60. The van der Waals surface area contributed by atoms with Crippen molar-refractivity contribution in [1.29, 1.82) is 5.26 Å². The van der Waals surface area contributed by atoms with Crippen molar-refractivity contribution in [3.05, 3.63) is 58.1 Å². The molecule has 0 aromatic heterocycles. The van der Waals surface area contributed by atoms with Crippen molar-refractivity contribution in [3.8, 4) is 11.8 Å². The van der Waals surface area contributed by atoms with Crippen molar-refractivity contribution in [2.75, 3.05) is 19.0 Å². The van der Waals surface area contributed by atoms with Crippen LogP contribution in [0.25, 0.3) is 0 Å². The maximum absolute atomic E-state index is 12.1. The zero-order valence-electron chi connectivity index (χ0n) is 13.5. The second-order valence-electron chi connectivity index (χ2n) is 5.20. The number of nitrogens with zero attached hydrogens (tertiary/aromatic N) is 1. The molecule has 0 spiro atoms. The number of rotatable bonds is 6. The van der Waals surface area contributed by atoms with E-state index in [4.69, 9.17) is 10.00 Å². The second-order valence-corrected chi connectivity index (χ2v) is 6.06.